The van der Waals surface area contributed by atoms with Crippen LogP contribution >= 0.6 is 0 Å². The Morgan fingerprint density at radius 2 is 2.30 bits per heavy atom. The van der Waals surface area contributed by atoms with Crippen LogP contribution in [0.4, 0.5) is 0 Å². The summed E-state index contributed by atoms with van der Waals surface area (Å²) in [5, 5.41) is 9.45. The van der Waals surface area contributed by atoms with Crippen LogP contribution in [-0.2, 0) is 13.6 Å². The van der Waals surface area contributed by atoms with Crippen molar-refractivity contribution in [2.24, 2.45) is 7.05 Å². The molecule has 1 aliphatic rings. The van der Waals surface area contributed by atoms with Gasteiger partial charge in [0, 0.05) is 31.7 Å². The van der Waals surface area contributed by atoms with Gasteiger partial charge in [0.25, 0.3) is 5.91 Å². The molecule has 0 atom stereocenters. The largest absolute Gasteiger partial charge is 0.506 e. The van der Waals surface area contributed by atoms with Gasteiger partial charge in [0.15, 0.2) is 0 Å². The number of nitrogens with zero attached hydrogens (tertiary/aromatic N) is 4. The molecule has 1 saturated carbocycles. The SMILES string of the molecule is Cn1ccnc1CN(C(=O)c1cncc(O)c1)C1CC1. The number of imidazole rings is 1. The third-order valence-electron chi connectivity index (χ3n) is 3.45. The molecule has 0 unspecified atom stereocenters. The first-order chi connectivity index (χ1) is 9.65. The van der Waals surface area contributed by atoms with Gasteiger partial charge in [-0.3, -0.25) is 9.78 Å². The quantitative estimate of drug-likeness (QED) is 0.911. The maximum absolute atomic E-state index is 12.6. The molecule has 104 valence electrons. The topological polar surface area (TPSA) is 71.2 Å². The van der Waals surface area contributed by atoms with Crippen molar-refractivity contribution in [1.82, 2.24) is 19.4 Å². The van der Waals surface area contributed by atoms with E-state index in [9.17, 15) is 9.90 Å². The van der Waals surface area contributed by atoms with Gasteiger partial charge in [0.05, 0.1) is 18.3 Å². The van der Waals surface area contributed by atoms with E-state index >= 15 is 0 Å². The second kappa shape index (κ2) is 4.96. The number of aryl methyl sites for hydroxylation is 1. The van der Waals surface area contributed by atoms with Crippen molar-refractivity contribution < 1.29 is 9.90 Å². The monoisotopic (exact) mass is 272 g/mol. The highest BCUT2D eigenvalue weighted by Crippen LogP contribution is 2.29. The number of hydrogen-bond acceptors (Lipinski definition) is 4. The molecule has 6 heteroatoms. The van der Waals surface area contributed by atoms with Crippen molar-refractivity contribution in [3.8, 4) is 5.75 Å². The predicted molar refractivity (Wildman–Crippen MR) is 72.0 cm³/mol. The highest BCUT2D eigenvalue weighted by Gasteiger charge is 2.34. The predicted octanol–water partition coefficient (Wildman–Crippen LogP) is 1.33. The molecule has 0 spiro atoms. The average molecular weight is 272 g/mol. The molecule has 1 N–H and O–H groups in total. The lowest BCUT2D eigenvalue weighted by molar-refractivity contribution is 0.0723. The first-order valence-electron chi connectivity index (χ1n) is 6.56. The van der Waals surface area contributed by atoms with Gasteiger partial charge in [-0.1, -0.05) is 0 Å². The van der Waals surface area contributed by atoms with Crippen LogP contribution in [0.3, 0.4) is 0 Å². The molecule has 0 saturated heterocycles. The van der Waals surface area contributed by atoms with Crippen molar-refractivity contribution in [2.75, 3.05) is 0 Å². The Morgan fingerprint density at radius 3 is 2.90 bits per heavy atom. The summed E-state index contributed by atoms with van der Waals surface area (Å²) >= 11 is 0. The summed E-state index contributed by atoms with van der Waals surface area (Å²) in [6.07, 6.45) is 8.42. The van der Waals surface area contributed by atoms with Gasteiger partial charge >= 0.3 is 0 Å². The smallest absolute Gasteiger partial charge is 0.256 e. The summed E-state index contributed by atoms with van der Waals surface area (Å²) in [6.45, 7) is 0.475. The molecule has 1 amide bonds. The third-order valence-corrected chi connectivity index (χ3v) is 3.45. The maximum Gasteiger partial charge on any atom is 0.256 e. The van der Waals surface area contributed by atoms with E-state index in [2.05, 4.69) is 9.97 Å². The standard InChI is InChI=1S/C14H16N4O2/c1-17-5-4-16-13(17)9-18(11-2-3-11)14(20)10-6-12(19)8-15-7-10/h4-8,11,19H,2-3,9H2,1H3. The van der Waals surface area contributed by atoms with Crippen LogP contribution in [0.15, 0.2) is 30.9 Å². The van der Waals surface area contributed by atoms with Crippen molar-refractivity contribution in [3.05, 3.63) is 42.2 Å². The molecule has 0 bridgehead atoms. The summed E-state index contributed by atoms with van der Waals surface area (Å²) in [5.74, 6) is 0.737. The summed E-state index contributed by atoms with van der Waals surface area (Å²) in [6, 6.07) is 1.71. The molecule has 1 fully saturated rings. The molecular formula is C14H16N4O2. The molecule has 1 aliphatic carbocycles. The normalized spacial score (nSPS) is 14.2. The molecule has 2 aromatic heterocycles. The molecule has 3 rings (SSSR count). The van der Waals surface area contributed by atoms with Crippen molar-refractivity contribution >= 4 is 5.91 Å². The Kier molecular flexibility index (Phi) is 3.14. The lowest BCUT2D eigenvalue weighted by atomic mass is 10.2. The van der Waals surface area contributed by atoms with E-state index < -0.39 is 0 Å². The number of aromatic hydroxyl groups is 1. The molecule has 2 aromatic rings. The van der Waals surface area contributed by atoms with Crippen molar-refractivity contribution in [3.63, 3.8) is 0 Å². The van der Waals surface area contributed by atoms with Crippen LogP contribution in [0.5, 0.6) is 5.75 Å². The second-order valence-corrected chi connectivity index (χ2v) is 5.05. The number of amides is 1. The van der Waals surface area contributed by atoms with Gasteiger partial charge < -0.3 is 14.6 Å². The number of carbonyl (C=O) groups excluding carboxylic acids is 1. The van der Waals surface area contributed by atoms with Crippen LogP contribution in [-0.4, -0.2) is 36.5 Å². The van der Waals surface area contributed by atoms with Gasteiger partial charge in [-0.25, -0.2) is 4.98 Å². The first kappa shape index (κ1) is 12.7. The van der Waals surface area contributed by atoms with E-state index in [1.807, 2.05) is 17.8 Å². The molecule has 0 aliphatic heterocycles. The minimum atomic E-state index is -0.112. The Balaban J connectivity index is 1.84. The Labute approximate surface area is 116 Å². The fourth-order valence-electron chi connectivity index (χ4n) is 2.16. The van der Waals surface area contributed by atoms with E-state index in [4.69, 9.17) is 0 Å². The molecule has 0 aromatic carbocycles. The summed E-state index contributed by atoms with van der Waals surface area (Å²) < 4.78 is 1.91. The summed E-state index contributed by atoms with van der Waals surface area (Å²) in [5.41, 5.74) is 0.408. The van der Waals surface area contributed by atoms with Crippen molar-refractivity contribution in [2.45, 2.75) is 25.4 Å². The Bertz CT molecular complexity index is 634. The zero-order valence-corrected chi connectivity index (χ0v) is 11.2. The van der Waals surface area contributed by atoms with E-state index in [-0.39, 0.29) is 17.7 Å². The van der Waals surface area contributed by atoms with Gasteiger partial charge in [0.1, 0.15) is 11.6 Å². The van der Waals surface area contributed by atoms with E-state index in [0.717, 1.165) is 18.7 Å². The highest BCUT2D eigenvalue weighted by atomic mass is 16.3. The fraction of sp³-hybridized carbons (Fsp3) is 0.357. The Hall–Kier alpha value is -2.37. The molecule has 2 heterocycles. The lowest BCUT2D eigenvalue weighted by Crippen LogP contribution is -2.33. The number of aromatic nitrogens is 3. The zero-order chi connectivity index (χ0) is 14.1. The van der Waals surface area contributed by atoms with Crippen LogP contribution in [0.1, 0.15) is 29.0 Å². The van der Waals surface area contributed by atoms with Crippen molar-refractivity contribution in [1.29, 1.82) is 0 Å². The van der Waals surface area contributed by atoms with Crippen LogP contribution in [0.2, 0.25) is 0 Å². The maximum atomic E-state index is 12.6. The number of rotatable bonds is 4. The third kappa shape index (κ3) is 2.49. The molecular weight excluding hydrogens is 256 g/mol. The molecule has 0 radical (unpaired) electrons. The summed E-state index contributed by atoms with van der Waals surface area (Å²) in [7, 11) is 1.91. The first-order valence-corrected chi connectivity index (χ1v) is 6.56. The number of carbonyl (C=O) groups is 1. The van der Waals surface area contributed by atoms with Crippen LogP contribution < -0.4 is 0 Å². The molecule has 20 heavy (non-hydrogen) atoms. The zero-order valence-electron chi connectivity index (χ0n) is 11.2. The second-order valence-electron chi connectivity index (χ2n) is 5.05. The minimum Gasteiger partial charge on any atom is -0.506 e. The van der Waals surface area contributed by atoms with E-state index in [0.29, 0.717) is 12.1 Å². The minimum absolute atomic E-state index is 0.00332. The van der Waals surface area contributed by atoms with Gasteiger partial charge in [-0.15, -0.1) is 0 Å². The van der Waals surface area contributed by atoms with Crippen LogP contribution in [0, 0.1) is 0 Å². The van der Waals surface area contributed by atoms with E-state index in [1.54, 1.807) is 11.1 Å². The average Bonchev–Trinajstić information content (AvgIpc) is 3.19. The van der Waals surface area contributed by atoms with Gasteiger partial charge in [0.2, 0.25) is 0 Å². The lowest BCUT2D eigenvalue weighted by Gasteiger charge is -2.22. The fourth-order valence-corrected chi connectivity index (χ4v) is 2.16. The van der Waals surface area contributed by atoms with Gasteiger partial charge in [-0.2, -0.15) is 0 Å². The van der Waals surface area contributed by atoms with Crippen LogP contribution in [0.25, 0.3) is 0 Å². The Morgan fingerprint density at radius 1 is 1.50 bits per heavy atom. The van der Waals surface area contributed by atoms with E-state index in [1.165, 1.54) is 18.5 Å². The molecule has 6 nitrogen and oxygen atoms in total. The summed E-state index contributed by atoms with van der Waals surface area (Å²) in [4.78, 5) is 22.5. The number of hydrogen-bond donors (Lipinski definition) is 1. The highest BCUT2D eigenvalue weighted by molar-refractivity contribution is 5.94. The van der Waals surface area contributed by atoms with Gasteiger partial charge in [-0.05, 0) is 18.9 Å². The number of pyridine rings is 1.